The Morgan fingerprint density at radius 1 is 1.26 bits per heavy atom. The lowest BCUT2D eigenvalue weighted by Gasteiger charge is -2.26. The molecule has 1 saturated carbocycles. The van der Waals surface area contributed by atoms with Crippen LogP contribution in [0.25, 0.3) is 0 Å². The molecule has 1 aromatic heterocycles. The van der Waals surface area contributed by atoms with Crippen LogP contribution in [0.1, 0.15) is 31.2 Å². The Bertz CT molecular complexity index is 415. The van der Waals surface area contributed by atoms with Crippen molar-refractivity contribution in [2.24, 2.45) is 5.92 Å². The van der Waals surface area contributed by atoms with Crippen molar-refractivity contribution >= 4 is 5.82 Å². The van der Waals surface area contributed by atoms with Gasteiger partial charge < -0.3 is 10.4 Å². The number of rotatable bonds is 3. The summed E-state index contributed by atoms with van der Waals surface area (Å²) in [5.41, 5.74) is -0.731. The lowest BCUT2D eigenvalue weighted by Crippen LogP contribution is -2.24. The second-order valence-corrected chi connectivity index (χ2v) is 4.95. The minimum absolute atomic E-state index is 0.110. The van der Waals surface area contributed by atoms with E-state index in [1.807, 2.05) is 0 Å². The second kappa shape index (κ2) is 5.77. The summed E-state index contributed by atoms with van der Waals surface area (Å²) in [5, 5.41) is 12.2. The van der Waals surface area contributed by atoms with Crippen LogP contribution in [0.3, 0.4) is 0 Å². The molecular formula is C13H17F3N2O. The molecule has 1 heterocycles. The quantitative estimate of drug-likeness (QED) is 0.890. The number of nitrogens with zero attached hydrogens (tertiary/aromatic N) is 1. The molecule has 0 spiro atoms. The van der Waals surface area contributed by atoms with Gasteiger partial charge in [0.1, 0.15) is 5.82 Å². The lowest BCUT2D eigenvalue weighted by molar-refractivity contribution is -0.137. The summed E-state index contributed by atoms with van der Waals surface area (Å²) in [6.45, 7) is 0.465. The number of aromatic nitrogens is 1. The van der Waals surface area contributed by atoms with E-state index in [1.165, 1.54) is 12.3 Å². The summed E-state index contributed by atoms with van der Waals surface area (Å²) in [5.74, 6) is 0.188. The topological polar surface area (TPSA) is 45.1 Å². The van der Waals surface area contributed by atoms with E-state index in [0.717, 1.165) is 31.7 Å². The van der Waals surface area contributed by atoms with Gasteiger partial charge in [-0.1, -0.05) is 0 Å². The summed E-state index contributed by atoms with van der Waals surface area (Å²) in [6.07, 6.45) is -0.176. The van der Waals surface area contributed by atoms with Crippen molar-refractivity contribution in [3.05, 3.63) is 23.9 Å². The van der Waals surface area contributed by atoms with Gasteiger partial charge in [-0.25, -0.2) is 4.98 Å². The molecule has 1 fully saturated rings. The number of aliphatic hydroxyl groups is 1. The highest BCUT2D eigenvalue weighted by atomic mass is 19.4. The Kier molecular flexibility index (Phi) is 4.29. The summed E-state index contributed by atoms with van der Waals surface area (Å²) in [4.78, 5) is 3.76. The van der Waals surface area contributed by atoms with E-state index >= 15 is 0 Å². The van der Waals surface area contributed by atoms with Crippen LogP contribution in [-0.4, -0.2) is 22.7 Å². The van der Waals surface area contributed by atoms with Crippen LogP contribution < -0.4 is 5.32 Å². The van der Waals surface area contributed by atoms with E-state index in [0.29, 0.717) is 12.5 Å². The van der Waals surface area contributed by atoms with Crippen molar-refractivity contribution in [2.45, 2.75) is 38.0 Å². The molecule has 6 heteroatoms. The number of anilines is 1. The van der Waals surface area contributed by atoms with Gasteiger partial charge in [-0.3, -0.25) is 0 Å². The zero-order chi connectivity index (χ0) is 13.9. The Morgan fingerprint density at radius 2 is 1.95 bits per heavy atom. The fraction of sp³-hybridized carbons (Fsp3) is 0.615. The molecule has 0 atom stereocenters. The Morgan fingerprint density at radius 3 is 2.58 bits per heavy atom. The second-order valence-electron chi connectivity index (χ2n) is 4.95. The van der Waals surface area contributed by atoms with E-state index in [1.54, 1.807) is 0 Å². The highest BCUT2D eigenvalue weighted by Crippen LogP contribution is 2.33. The summed E-state index contributed by atoms with van der Waals surface area (Å²) in [6, 6.07) is 2.31. The van der Waals surface area contributed by atoms with Crippen molar-refractivity contribution in [1.29, 1.82) is 0 Å². The molecule has 0 unspecified atom stereocenters. The minimum atomic E-state index is -4.39. The van der Waals surface area contributed by atoms with Crippen LogP contribution in [0.4, 0.5) is 19.0 Å². The molecule has 0 radical (unpaired) electrons. The molecule has 0 saturated heterocycles. The molecule has 2 rings (SSSR count). The number of halogens is 3. The van der Waals surface area contributed by atoms with Crippen molar-refractivity contribution in [3.63, 3.8) is 0 Å². The smallest absolute Gasteiger partial charge is 0.393 e. The van der Waals surface area contributed by atoms with E-state index in [2.05, 4.69) is 10.3 Å². The molecule has 19 heavy (non-hydrogen) atoms. The lowest BCUT2D eigenvalue weighted by atomic mass is 9.87. The first-order valence-electron chi connectivity index (χ1n) is 6.41. The van der Waals surface area contributed by atoms with Crippen molar-refractivity contribution in [2.75, 3.05) is 11.9 Å². The zero-order valence-corrected chi connectivity index (χ0v) is 10.5. The van der Waals surface area contributed by atoms with Gasteiger partial charge in [-0.15, -0.1) is 0 Å². The highest BCUT2D eigenvalue weighted by molar-refractivity contribution is 5.45. The normalized spacial score (nSPS) is 24.2. The summed E-state index contributed by atoms with van der Waals surface area (Å²) in [7, 11) is 0. The maximum atomic E-state index is 12.8. The monoisotopic (exact) mass is 274 g/mol. The number of aliphatic hydroxyl groups excluding tert-OH is 1. The van der Waals surface area contributed by atoms with Crippen LogP contribution in [0.15, 0.2) is 18.3 Å². The van der Waals surface area contributed by atoms with Gasteiger partial charge in [0.05, 0.1) is 11.7 Å². The van der Waals surface area contributed by atoms with Gasteiger partial charge in [-0.05, 0) is 43.7 Å². The van der Waals surface area contributed by atoms with Crippen LogP contribution in [0.5, 0.6) is 0 Å². The van der Waals surface area contributed by atoms with Crippen molar-refractivity contribution < 1.29 is 18.3 Å². The average molecular weight is 274 g/mol. The molecule has 106 valence electrons. The molecule has 1 aliphatic carbocycles. The van der Waals surface area contributed by atoms with Crippen molar-refractivity contribution in [1.82, 2.24) is 4.98 Å². The Hall–Kier alpha value is -1.30. The first-order valence-corrected chi connectivity index (χ1v) is 6.41. The van der Waals surface area contributed by atoms with Crippen molar-refractivity contribution in [3.8, 4) is 0 Å². The SMILES string of the molecule is OC1CCC(CNc2ncccc2C(F)(F)F)CC1. The van der Waals surface area contributed by atoms with E-state index < -0.39 is 11.7 Å². The first kappa shape index (κ1) is 14.1. The first-order chi connectivity index (χ1) is 8.97. The van der Waals surface area contributed by atoms with E-state index in [9.17, 15) is 18.3 Å². The number of hydrogen-bond acceptors (Lipinski definition) is 3. The maximum Gasteiger partial charge on any atom is 0.419 e. The standard InChI is InChI=1S/C13H17F3N2O/c14-13(15,16)11-2-1-7-17-12(11)18-8-9-3-5-10(19)6-4-9/h1-2,7,9-10,19H,3-6,8H2,(H,17,18). The van der Waals surface area contributed by atoms with Crippen LogP contribution in [0, 0.1) is 5.92 Å². The molecule has 2 N–H and O–H groups in total. The van der Waals surface area contributed by atoms with Gasteiger partial charge in [-0.2, -0.15) is 13.2 Å². The van der Waals surface area contributed by atoms with Crippen LogP contribution >= 0.6 is 0 Å². The fourth-order valence-corrected chi connectivity index (χ4v) is 2.36. The summed E-state index contributed by atoms with van der Waals surface area (Å²) >= 11 is 0. The van der Waals surface area contributed by atoms with Gasteiger partial charge >= 0.3 is 6.18 Å². The third-order valence-electron chi connectivity index (χ3n) is 3.49. The highest BCUT2D eigenvalue weighted by Gasteiger charge is 2.34. The molecule has 3 nitrogen and oxygen atoms in total. The molecule has 0 aromatic carbocycles. The molecule has 1 aliphatic rings. The van der Waals surface area contributed by atoms with Crippen LogP contribution in [0.2, 0.25) is 0 Å². The third-order valence-corrected chi connectivity index (χ3v) is 3.49. The molecule has 1 aromatic rings. The molecular weight excluding hydrogens is 257 g/mol. The molecule has 0 amide bonds. The minimum Gasteiger partial charge on any atom is -0.393 e. The predicted octanol–water partition coefficient (Wildman–Crippen LogP) is 3.06. The number of hydrogen-bond donors (Lipinski definition) is 2. The predicted molar refractivity (Wildman–Crippen MR) is 65.7 cm³/mol. The molecule has 0 bridgehead atoms. The van der Waals surface area contributed by atoms with Gasteiger partial charge in [0.15, 0.2) is 0 Å². The Labute approximate surface area is 109 Å². The van der Waals surface area contributed by atoms with Gasteiger partial charge in [0.2, 0.25) is 0 Å². The van der Waals surface area contributed by atoms with E-state index in [-0.39, 0.29) is 11.9 Å². The third kappa shape index (κ3) is 3.83. The maximum absolute atomic E-state index is 12.8. The average Bonchev–Trinajstić information content (AvgIpc) is 2.37. The number of alkyl halides is 3. The van der Waals surface area contributed by atoms with Gasteiger partial charge in [0, 0.05) is 12.7 Å². The van der Waals surface area contributed by atoms with Crippen LogP contribution in [-0.2, 0) is 6.18 Å². The summed E-state index contributed by atoms with van der Waals surface area (Å²) < 4.78 is 38.3. The number of pyridine rings is 1. The zero-order valence-electron chi connectivity index (χ0n) is 10.5. The largest absolute Gasteiger partial charge is 0.419 e. The van der Waals surface area contributed by atoms with E-state index in [4.69, 9.17) is 0 Å². The molecule has 0 aliphatic heterocycles. The fourth-order valence-electron chi connectivity index (χ4n) is 2.36. The Balaban J connectivity index is 1.96. The van der Waals surface area contributed by atoms with Gasteiger partial charge in [0.25, 0.3) is 0 Å². The number of nitrogens with one attached hydrogen (secondary N) is 1.